The van der Waals surface area contributed by atoms with Crippen molar-refractivity contribution in [2.24, 2.45) is 0 Å². The third-order valence-corrected chi connectivity index (χ3v) is 6.29. The highest BCUT2D eigenvalue weighted by Gasteiger charge is 2.48. The molecule has 2 saturated heterocycles. The summed E-state index contributed by atoms with van der Waals surface area (Å²) in [5.74, 6) is 1.24. The number of aromatic nitrogens is 2. The van der Waals surface area contributed by atoms with Gasteiger partial charge in [0.25, 0.3) is 0 Å². The zero-order chi connectivity index (χ0) is 20.3. The van der Waals surface area contributed by atoms with E-state index in [1.807, 2.05) is 18.2 Å². The summed E-state index contributed by atoms with van der Waals surface area (Å²) >= 11 is 5.54. The molecular formula is C21H27N5O3S. The molecule has 0 aromatic carbocycles. The predicted molar refractivity (Wildman–Crippen MR) is 116 cm³/mol. The predicted octanol–water partition coefficient (Wildman–Crippen LogP) is 2.48. The number of ether oxygens (including phenoxy) is 2. The van der Waals surface area contributed by atoms with Crippen molar-refractivity contribution < 1.29 is 13.9 Å². The Balaban J connectivity index is 1.17. The highest BCUT2D eigenvalue weighted by atomic mass is 32.1. The molecule has 3 N–H and O–H groups in total. The van der Waals surface area contributed by atoms with Crippen molar-refractivity contribution in [1.29, 1.82) is 0 Å². The Morgan fingerprint density at radius 2 is 1.80 bits per heavy atom. The number of nitrogens with zero attached hydrogens (tertiary/aromatic N) is 2. The number of hydrogen-bond donors (Lipinski definition) is 3. The first-order valence-electron chi connectivity index (χ1n) is 10.7. The minimum absolute atomic E-state index is 0.0199. The Morgan fingerprint density at radius 1 is 1.00 bits per heavy atom. The molecule has 0 unspecified atom stereocenters. The third-order valence-electron chi connectivity index (χ3n) is 6.05. The zero-order valence-electron chi connectivity index (χ0n) is 16.8. The maximum absolute atomic E-state index is 6.06. The molecule has 8 nitrogen and oxygen atoms in total. The molecule has 3 fully saturated rings. The van der Waals surface area contributed by atoms with Crippen molar-refractivity contribution in [3.8, 4) is 11.5 Å². The number of rotatable bonds is 5. The summed E-state index contributed by atoms with van der Waals surface area (Å²) in [7, 11) is 0. The normalized spacial score (nSPS) is 28.8. The van der Waals surface area contributed by atoms with E-state index < -0.39 is 0 Å². The van der Waals surface area contributed by atoms with Crippen LogP contribution in [-0.2, 0) is 9.47 Å². The van der Waals surface area contributed by atoms with Gasteiger partial charge in [-0.3, -0.25) is 0 Å². The smallest absolute Gasteiger partial charge is 0.223 e. The van der Waals surface area contributed by atoms with E-state index in [9.17, 15) is 0 Å². The van der Waals surface area contributed by atoms with Crippen LogP contribution in [0.2, 0.25) is 0 Å². The van der Waals surface area contributed by atoms with E-state index in [1.54, 1.807) is 12.5 Å². The molecule has 4 atom stereocenters. The Morgan fingerprint density at radius 3 is 2.60 bits per heavy atom. The topological polar surface area (TPSA) is 93.5 Å². The molecule has 0 bridgehead atoms. The molecule has 2 aliphatic heterocycles. The van der Waals surface area contributed by atoms with Gasteiger partial charge in [0.05, 0.1) is 31.6 Å². The van der Waals surface area contributed by atoms with E-state index >= 15 is 0 Å². The van der Waals surface area contributed by atoms with Crippen molar-refractivity contribution in [2.45, 2.75) is 62.4 Å². The lowest BCUT2D eigenvalue weighted by molar-refractivity contribution is 0.0688. The van der Waals surface area contributed by atoms with Crippen LogP contribution in [0.3, 0.4) is 0 Å². The molecular weight excluding hydrogens is 402 g/mol. The molecule has 4 heterocycles. The minimum atomic E-state index is -0.0733. The Kier molecular flexibility index (Phi) is 5.83. The molecule has 9 heteroatoms. The van der Waals surface area contributed by atoms with Crippen LogP contribution in [0, 0.1) is 0 Å². The molecule has 0 amide bonds. The highest BCUT2D eigenvalue weighted by molar-refractivity contribution is 7.80. The lowest BCUT2D eigenvalue weighted by Gasteiger charge is -2.26. The Labute approximate surface area is 181 Å². The van der Waals surface area contributed by atoms with Gasteiger partial charge in [-0.2, -0.15) is 0 Å². The lowest BCUT2D eigenvalue weighted by atomic mass is 9.96. The number of thiocarbonyl (C=S) groups is 1. The van der Waals surface area contributed by atoms with Crippen LogP contribution in [0.1, 0.15) is 32.1 Å². The van der Waals surface area contributed by atoms with Crippen LogP contribution < -0.4 is 16.0 Å². The standard InChI is InChI=1S/C21H27N5O3S/c30-21(23-13-5-2-1-3-6-13)26-16-12-29-18-15(11-28-19(16)18)25-20-22-9-8-14(24-20)17-7-4-10-27-17/h4,7-10,13,15-16,18-19H,1-3,5-6,11-12H2,(H,22,24,25)(H2,23,26,30)/t15-,16+,18-,19+/m1/s1. The second-order valence-corrected chi connectivity index (χ2v) is 8.56. The van der Waals surface area contributed by atoms with Crippen LogP contribution in [0.4, 0.5) is 5.95 Å². The van der Waals surface area contributed by atoms with E-state index in [2.05, 4.69) is 25.9 Å². The van der Waals surface area contributed by atoms with E-state index in [4.69, 9.17) is 26.1 Å². The molecule has 1 aliphatic carbocycles. The average molecular weight is 430 g/mol. The van der Waals surface area contributed by atoms with E-state index in [-0.39, 0.29) is 24.3 Å². The molecule has 30 heavy (non-hydrogen) atoms. The molecule has 160 valence electrons. The number of hydrogen-bond acceptors (Lipinski definition) is 7. The summed E-state index contributed by atoms with van der Waals surface area (Å²) in [6, 6.07) is 6.04. The fourth-order valence-corrected chi connectivity index (χ4v) is 4.86. The summed E-state index contributed by atoms with van der Waals surface area (Å²) in [6.45, 7) is 1.10. The molecule has 0 spiro atoms. The highest BCUT2D eigenvalue weighted by Crippen LogP contribution is 2.29. The molecule has 3 aliphatic rings. The van der Waals surface area contributed by atoms with Crippen molar-refractivity contribution >= 4 is 23.3 Å². The monoisotopic (exact) mass is 429 g/mol. The quantitative estimate of drug-likeness (QED) is 0.620. The average Bonchev–Trinajstić information content (AvgIpc) is 3.50. The number of furan rings is 1. The third kappa shape index (κ3) is 4.28. The van der Waals surface area contributed by atoms with E-state index in [0.29, 0.717) is 36.1 Å². The van der Waals surface area contributed by atoms with Crippen molar-refractivity contribution in [2.75, 3.05) is 18.5 Å². The van der Waals surface area contributed by atoms with Crippen LogP contribution in [0.25, 0.3) is 11.5 Å². The van der Waals surface area contributed by atoms with Crippen molar-refractivity contribution in [3.05, 3.63) is 30.7 Å². The van der Waals surface area contributed by atoms with Crippen LogP contribution >= 0.6 is 12.2 Å². The largest absolute Gasteiger partial charge is 0.463 e. The van der Waals surface area contributed by atoms with Gasteiger partial charge in [-0.15, -0.1) is 0 Å². The zero-order valence-corrected chi connectivity index (χ0v) is 17.6. The van der Waals surface area contributed by atoms with Crippen LogP contribution in [0.5, 0.6) is 0 Å². The second-order valence-electron chi connectivity index (χ2n) is 8.15. The van der Waals surface area contributed by atoms with Gasteiger partial charge in [-0.05, 0) is 43.3 Å². The summed E-state index contributed by atoms with van der Waals surface area (Å²) < 4.78 is 17.5. The van der Waals surface area contributed by atoms with Gasteiger partial charge < -0.3 is 29.8 Å². The lowest BCUT2D eigenvalue weighted by Crippen LogP contribution is -2.51. The molecule has 5 rings (SSSR count). The van der Waals surface area contributed by atoms with Gasteiger partial charge in [-0.25, -0.2) is 9.97 Å². The first kappa shape index (κ1) is 19.7. The number of anilines is 1. The summed E-state index contributed by atoms with van der Waals surface area (Å²) in [5.41, 5.74) is 0.735. The molecule has 2 aromatic heterocycles. The Hall–Kier alpha value is -2.23. The van der Waals surface area contributed by atoms with Crippen molar-refractivity contribution in [3.63, 3.8) is 0 Å². The first-order chi connectivity index (χ1) is 14.8. The molecule has 2 aromatic rings. The minimum Gasteiger partial charge on any atom is -0.463 e. The number of fused-ring (bicyclic) bond motifs is 1. The fourth-order valence-electron chi connectivity index (χ4n) is 4.54. The van der Waals surface area contributed by atoms with Gasteiger partial charge >= 0.3 is 0 Å². The maximum atomic E-state index is 6.06. The van der Waals surface area contributed by atoms with Gasteiger partial charge in [0.2, 0.25) is 5.95 Å². The van der Waals surface area contributed by atoms with Crippen LogP contribution in [0.15, 0.2) is 35.1 Å². The van der Waals surface area contributed by atoms with Gasteiger partial charge in [0.1, 0.15) is 17.9 Å². The molecule has 0 radical (unpaired) electrons. The number of nitrogens with one attached hydrogen (secondary N) is 3. The van der Waals surface area contributed by atoms with Gasteiger partial charge in [0, 0.05) is 12.2 Å². The summed E-state index contributed by atoms with van der Waals surface area (Å²) in [6.07, 6.45) is 9.48. The van der Waals surface area contributed by atoms with Crippen LogP contribution in [-0.4, -0.2) is 58.6 Å². The SMILES string of the molecule is S=C(NC1CCCCC1)N[C@H]1CO[C@H]2[C@H]1OC[C@H]2Nc1nccc(-c2ccco2)n1. The molecule has 1 saturated carbocycles. The van der Waals surface area contributed by atoms with Crippen molar-refractivity contribution in [1.82, 2.24) is 20.6 Å². The van der Waals surface area contributed by atoms with Gasteiger partial charge in [-0.1, -0.05) is 19.3 Å². The second kappa shape index (κ2) is 8.87. The maximum Gasteiger partial charge on any atom is 0.223 e. The fraction of sp³-hybridized carbons (Fsp3) is 0.571. The van der Waals surface area contributed by atoms with Gasteiger partial charge in [0.15, 0.2) is 10.9 Å². The van der Waals surface area contributed by atoms with E-state index in [1.165, 1.54) is 32.1 Å². The first-order valence-corrected chi connectivity index (χ1v) is 11.1. The Bertz CT molecular complexity index is 858. The summed E-state index contributed by atoms with van der Waals surface area (Å²) in [4.78, 5) is 8.89. The summed E-state index contributed by atoms with van der Waals surface area (Å²) in [5, 5.41) is 10.9. The van der Waals surface area contributed by atoms with E-state index in [0.717, 1.165) is 5.69 Å².